The van der Waals surface area contributed by atoms with E-state index in [1.54, 1.807) is 12.1 Å². The van der Waals surface area contributed by atoms with Crippen LogP contribution in [0.3, 0.4) is 0 Å². The number of aliphatic hydroxyl groups is 1. The van der Waals surface area contributed by atoms with Crippen molar-refractivity contribution in [3.05, 3.63) is 35.6 Å². The van der Waals surface area contributed by atoms with Crippen LogP contribution in [0, 0.1) is 5.82 Å². The van der Waals surface area contributed by atoms with Crippen molar-refractivity contribution >= 4 is 5.96 Å². The normalized spacial score (nSPS) is 11.4. The molecule has 0 amide bonds. The Morgan fingerprint density at radius 2 is 2.00 bits per heavy atom. The van der Waals surface area contributed by atoms with E-state index in [1.807, 2.05) is 6.92 Å². The number of aliphatic imine (C=N–C) groups is 1. The van der Waals surface area contributed by atoms with E-state index in [0.717, 1.165) is 18.5 Å². The summed E-state index contributed by atoms with van der Waals surface area (Å²) < 4.78 is 12.7. The molecule has 18 heavy (non-hydrogen) atoms. The van der Waals surface area contributed by atoms with Crippen molar-refractivity contribution < 1.29 is 9.50 Å². The van der Waals surface area contributed by atoms with Gasteiger partial charge in [-0.05, 0) is 31.0 Å². The molecule has 5 heteroatoms. The Labute approximate surface area is 107 Å². The Balaban J connectivity index is 2.36. The lowest BCUT2D eigenvalue weighted by atomic mass is 10.1. The van der Waals surface area contributed by atoms with Crippen molar-refractivity contribution in [2.24, 2.45) is 4.99 Å². The minimum Gasteiger partial charge on any atom is -0.394 e. The van der Waals surface area contributed by atoms with Crippen molar-refractivity contribution in [1.29, 1.82) is 0 Å². The number of nitrogens with one attached hydrogen (secondary N) is 2. The largest absolute Gasteiger partial charge is 0.394 e. The highest BCUT2D eigenvalue weighted by molar-refractivity contribution is 5.79. The van der Waals surface area contributed by atoms with Crippen molar-refractivity contribution in [2.75, 3.05) is 26.2 Å². The SMILES string of the molecule is CCNC(=NCCO)NCCc1ccc(F)cc1. The number of hydrogen-bond donors (Lipinski definition) is 3. The molecule has 0 radical (unpaired) electrons. The van der Waals surface area contributed by atoms with Gasteiger partial charge < -0.3 is 15.7 Å². The van der Waals surface area contributed by atoms with Gasteiger partial charge >= 0.3 is 0 Å². The molecule has 3 N–H and O–H groups in total. The first kappa shape index (κ1) is 14.4. The zero-order valence-electron chi connectivity index (χ0n) is 10.6. The van der Waals surface area contributed by atoms with Crippen LogP contribution in [0.25, 0.3) is 0 Å². The Kier molecular flexibility index (Phi) is 6.79. The van der Waals surface area contributed by atoms with Gasteiger partial charge in [0.2, 0.25) is 0 Å². The van der Waals surface area contributed by atoms with Crippen LogP contribution in [-0.4, -0.2) is 37.3 Å². The van der Waals surface area contributed by atoms with Crippen LogP contribution in [0.5, 0.6) is 0 Å². The van der Waals surface area contributed by atoms with Gasteiger partial charge in [0, 0.05) is 13.1 Å². The summed E-state index contributed by atoms with van der Waals surface area (Å²) in [6, 6.07) is 6.46. The van der Waals surface area contributed by atoms with E-state index in [1.165, 1.54) is 12.1 Å². The second-order valence-electron chi connectivity index (χ2n) is 3.79. The first-order valence-electron chi connectivity index (χ1n) is 6.13. The highest BCUT2D eigenvalue weighted by Gasteiger charge is 1.97. The molecule has 0 bridgehead atoms. The Morgan fingerprint density at radius 1 is 1.28 bits per heavy atom. The zero-order chi connectivity index (χ0) is 13.2. The van der Waals surface area contributed by atoms with Crippen molar-refractivity contribution in [3.63, 3.8) is 0 Å². The average molecular weight is 253 g/mol. The molecular formula is C13H20FN3O. The highest BCUT2D eigenvalue weighted by Crippen LogP contribution is 2.02. The Hall–Kier alpha value is -1.62. The number of benzene rings is 1. The minimum atomic E-state index is -0.218. The summed E-state index contributed by atoms with van der Waals surface area (Å²) in [5.74, 6) is 0.471. The predicted molar refractivity (Wildman–Crippen MR) is 71.2 cm³/mol. The maximum atomic E-state index is 12.7. The monoisotopic (exact) mass is 253 g/mol. The highest BCUT2D eigenvalue weighted by atomic mass is 19.1. The summed E-state index contributed by atoms with van der Waals surface area (Å²) >= 11 is 0. The fourth-order valence-corrected chi connectivity index (χ4v) is 1.48. The molecule has 0 heterocycles. The van der Waals surface area contributed by atoms with Crippen molar-refractivity contribution in [2.45, 2.75) is 13.3 Å². The maximum absolute atomic E-state index is 12.7. The summed E-state index contributed by atoms with van der Waals surface area (Å²) in [6.45, 7) is 3.88. The van der Waals surface area contributed by atoms with Gasteiger partial charge in [0.1, 0.15) is 5.82 Å². The third kappa shape index (κ3) is 5.63. The number of hydrogen-bond acceptors (Lipinski definition) is 2. The second kappa shape index (κ2) is 8.47. The fourth-order valence-electron chi connectivity index (χ4n) is 1.48. The minimum absolute atomic E-state index is 0.0362. The molecule has 100 valence electrons. The number of guanidine groups is 1. The topological polar surface area (TPSA) is 56.7 Å². The van der Waals surface area contributed by atoms with E-state index in [9.17, 15) is 4.39 Å². The summed E-state index contributed by atoms with van der Waals surface area (Å²) in [5, 5.41) is 14.9. The average Bonchev–Trinajstić information content (AvgIpc) is 2.38. The standard InChI is InChI=1S/C13H20FN3O/c1-2-15-13(17-9-10-18)16-8-7-11-3-5-12(14)6-4-11/h3-6,18H,2,7-10H2,1H3,(H2,15,16,17). The predicted octanol–water partition coefficient (Wildman–Crippen LogP) is 0.916. The molecule has 0 aliphatic carbocycles. The van der Waals surface area contributed by atoms with Crippen LogP contribution >= 0.6 is 0 Å². The van der Waals surface area contributed by atoms with Gasteiger partial charge in [-0.3, -0.25) is 4.99 Å². The molecule has 0 aliphatic heterocycles. The molecule has 0 unspecified atom stereocenters. The van der Waals surface area contributed by atoms with Crippen LogP contribution in [0.15, 0.2) is 29.3 Å². The first-order valence-corrected chi connectivity index (χ1v) is 6.13. The summed E-state index contributed by atoms with van der Waals surface area (Å²) in [7, 11) is 0. The van der Waals surface area contributed by atoms with Gasteiger partial charge in [0.25, 0.3) is 0 Å². The molecule has 0 saturated carbocycles. The summed E-state index contributed by atoms with van der Waals surface area (Å²) in [6.07, 6.45) is 0.795. The fraction of sp³-hybridized carbons (Fsp3) is 0.462. The van der Waals surface area contributed by atoms with Crippen molar-refractivity contribution in [3.8, 4) is 0 Å². The lowest BCUT2D eigenvalue weighted by Crippen LogP contribution is -2.38. The zero-order valence-corrected chi connectivity index (χ0v) is 10.6. The van der Waals surface area contributed by atoms with E-state index in [2.05, 4.69) is 15.6 Å². The van der Waals surface area contributed by atoms with Gasteiger partial charge in [-0.15, -0.1) is 0 Å². The molecule has 0 aliphatic rings. The quantitative estimate of drug-likeness (QED) is 0.522. The van der Waals surface area contributed by atoms with Crippen LogP contribution in [0.2, 0.25) is 0 Å². The summed E-state index contributed by atoms with van der Waals surface area (Å²) in [4.78, 5) is 4.16. The van der Waals surface area contributed by atoms with Crippen LogP contribution < -0.4 is 10.6 Å². The van der Waals surface area contributed by atoms with Crippen LogP contribution in [0.4, 0.5) is 4.39 Å². The maximum Gasteiger partial charge on any atom is 0.191 e. The molecular weight excluding hydrogens is 233 g/mol. The first-order chi connectivity index (χ1) is 8.76. The number of nitrogens with zero attached hydrogens (tertiary/aromatic N) is 1. The molecule has 1 aromatic rings. The third-order valence-corrected chi connectivity index (χ3v) is 2.33. The van der Waals surface area contributed by atoms with E-state index < -0.39 is 0 Å². The molecule has 4 nitrogen and oxygen atoms in total. The van der Waals surface area contributed by atoms with Gasteiger partial charge in [0.05, 0.1) is 13.2 Å². The Bertz CT molecular complexity index is 365. The van der Waals surface area contributed by atoms with E-state index in [0.29, 0.717) is 19.0 Å². The summed E-state index contributed by atoms with van der Waals surface area (Å²) in [5.41, 5.74) is 1.07. The molecule has 0 saturated heterocycles. The molecule has 0 aromatic heterocycles. The van der Waals surface area contributed by atoms with Gasteiger partial charge in [0.15, 0.2) is 5.96 Å². The van der Waals surface area contributed by atoms with Crippen molar-refractivity contribution in [1.82, 2.24) is 10.6 Å². The number of halogens is 1. The Morgan fingerprint density at radius 3 is 2.61 bits per heavy atom. The van der Waals surface area contributed by atoms with Gasteiger partial charge in [-0.25, -0.2) is 4.39 Å². The number of aliphatic hydroxyl groups excluding tert-OH is 1. The van der Waals surface area contributed by atoms with Gasteiger partial charge in [-0.2, -0.15) is 0 Å². The van der Waals surface area contributed by atoms with Crippen LogP contribution in [0.1, 0.15) is 12.5 Å². The van der Waals surface area contributed by atoms with E-state index in [4.69, 9.17) is 5.11 Å². The third-order valence-electron chi connectivity index (χ3n) is 2.33. The van der Waals surface area contributed by atoms with E-state index >= 15 is 0 Å². The lowest BCUT2D eigenvalue weighted by Gasteiger charge is -2.10. The molecule has 0 fully saturated rings. The second-order valence-corrected chi connectivity index (χ2v) is 3.79. The lowest BCUT2D eigenvalue weighted by molar-refractivity contribution is 0.306. The smallest absolute Gasteiger partial charge is 0.191 e. The molecule has 0 atom stereocenters. The van der Waals surface area contributed by atoms with Gasteiger partial charge in [-0.1, -0.05) is 12.1 Å². The number of rotatable bonds is 6. The molecule has 1 rings (SSSR count). The molecule has 0 spiro atoms. The molecule has 1 aromatic carbocycles. The van der Waals surface area contributed by atoms with E-state index in [-0.39, 0.29) is 12.4 Å². The van der Waals surface area contributed by atoms with Crippen LogP contribution in [-0.2, 0) is 6.42 Å².